The minimum atomic E-state index is -0.843. The number of thiophene rings is 1. The van der Waals surface area contributed by atoms with Gasteiger partial charge in [0.2, 0.25) is 0 Å². The normalized spacial score (nSPS) is 15.7. The van der Waals surface area contributed by atoms with Crippen LogP contribution in [-0.2, 0) is 0 Å². The van der Waals surface area contributed by atoms with Gasteiger partial charge in [0.25, 0.3) is 0 Å². The van der Waals surface area contributed by atoms with Crippen molar-refractivity contribution in [2.24, 2.45) is 0 Å². The second kappa shape index (κ2) is 3.07. The van der Waals surface area contributed by atoms with E-state index in [1.54, 1.807) is 17.4 Å². The molecule has 1 fully saturated rings. The smallest absolute Gasteiger partial charge is 0.335 e. The van der Waals surface area contributed by atoms with E-state index in [-0.39, 0.29) is 0 Å². The first-order valence-electron chi connectivity index (χ1n) is 5.00. The summed E-state index contributed by atoms with van der Waals surface area (Å²) in [6.45, 7) is 0. The highest BCUT2D eigenvalue weighted by atomic mass is 32.1. The highest BCUT2D eigenvalue weighted by Crippen LogP contribution is 2.45. The molecule has 1 N–H and O–H groups in total. The average Bonchev–Trinajstić information content (AvgIpc) is 2.98. The Balaban J connectivity index is 2.21. The number of carboxylic acids is 1. The molecular formula is C12H10O2S. The van der Waals surface area contributed by atoms with Gasteiger partial charge in [-0.3, -0.25) is 0 Å². The summed E-state index contributed by atoms with van der Waals surface area (Å²) in [5.41, 5.74) is 1.74. The van der Waals surface area contributed by atoms with Crippen molar-refractivity contribution in [1.29, 1.82) is 0 Å². The first-order valence-corrected chi connectivity index (χ1v) is 5.88. The standard InChI is InChI=1S/C12H10O2S/c13-12(14)8-3-4-11-9(5-8)10(6-15-11)7-1-2-7/h3-7H,1-2H2,(H,13,14). The molecular weight excluding hydrogens is 208 g/mol. The fraction of sp³-hybridized carbons (Fsp3) is 0.250. The van der Waals surface area contributed by atoms with Crippen molar-refractivity contribution < 1.29 is 9.90 Å². The number of aromatic carboxylic acids is 1. The molecule has 1 aliphatic rings. The minimum absolute atomic E-state index is 0.391. The van der Waals surface area contributed by atoms with E-state index in [0.29, 0.717) is 11.5 Å². The number of benzene rings is 1. The van der Waals surface area contributed by atoms with E-state index < -0.39 is 5.97 Å². The topological polar surface area (TPSA) is 37.3 Å². The molecule has 0 saturated heterocycles. The summed E-state index contributed by atoms with van der Waals surface area (Å²) < 4.78 is 1.20. The van der Waals surface area contributed by atoms with Crippen molar-refractivity contribution in [2.45, 2.75) is 18.8 Å². The Morgan fingerprint density at radius 2 is 2.20 bits per heavy atom. The summed E-state index contributed by atoms with van der Waals surface area (Å²) in [7, 11) is 0. The van der Waals surface area contributed by atoms with Gasteiger partial charge >= 0.3 is 5.97 Å². The Morgan fingerprint density at radius 3 is 2.87 bits per heavy atom. The third-order valence-corrected chi connectivity index (χ3v) is 3.85. The minimum Gasteiger partial charge on any atom is -0.478 e. The maximum absolute atomic E-state index is 10.9. The molecule has 0 amide bonds. The van der Waals surface area contributed by atoms with Crippen LogP contribution >= 0.6 is 11.3 Å². The first-order chi connectivity index (χ1) is 7.25. The van der Waals surface area contributed by atoms with Crippen LogP contribution < -0.4 is 0 Å². The van der Waals surface area contributed by atoms with E-state index in [2.05, 4.69) is 5.38 Å². The Bertz CT molecular complexity index is 538. The summed E-state index contributed by atoms with van der Waals surface area (Å²) in [5, 5.41) is 12.2. The third-order valence-electron chi connectivity index (χ3n) is 2.87. The molecule has 0 bridgehead atoms. The van der Waals surface area contributed by atoms with Crippen molar-refractivity contribution in [3.63, 3.8) is 0 Å². The summed E-state index contributed by atoms with van der Waals surface area (Å²) in [6, 6.07) is 5.40. The van der Waals surface area contributed by atoms with Crippen molar-refractivity contribution in [1.82, 2.24) is 0 Å². The molecule has 0 spiro atoms. The quantitative estimate of drug-likeness (QED) is 0.837. The molecule has 76 valence electrons. The first kappa shape index (κ1) is 8.92. The predicted octanol–water partition coefficient (Wildman–Crippen LogP) is 3.48. The fourth-order valence-electron chi connectivity index (χ4n) is 1.89. The van der Waals surface area contributed by atoms with Crippen molar-refractivity contribution >= 4 is 27.4 Å². The molecule has 2 aromatic rings. The fourth-order valence-corrected chi connectivity index (χ4v) is 2.92. The lowest BCUT2D eigenvalue weighted by atomic mass is 10.1. The van der Waals surface area contributed by atoms with E-state index in [4.69, 9.17) is 5.11 Å². The second-order valence-electron chi connectivity index (χ2n) is 3.98. The van der Waals surface area contributed by atoms with E-state index in [1.165, 1.54) is 23.1 Å². The summed E-state index contributed by atoms with van der Waals surface area (Å²) in [5.74, 6) is -0.160. The van der Waals surface area contributed by atoms with Crippen molar-refractivity contribution in [3.05, 3.63) is 34.7 Å². The van der Waals surface area contributed by atoms with Gasteiger partial charge in [-0.05, 0) is 53.3 Å². The van der Waals surface area contributed by atoms with Gasteiger partial charge in [-0.1, -0.05) is 0 Å². The maximum atomic E-state index is 10.9. The van der Waals surface area contributed by atoms with Gasteiger partial charge in [-0.25, -0.2) is 4.79 Å². The van der Waals surface area contributed by atoms with Crippen LogP contribution in [0.4, 0.5) is 0 Å². The van der Waals surface area contributed by atoms with E-state index >= 15 is 0 Å². The number of carbonyl (C=O) groups is 1. The van der Waals surface area contributed by atoms with Gasteiger partial charge in [0.15, 0.2) is 0 Å². The van der Waals surface area contributed by atoms with Crippen LogP contribution in [0.3, 0.4) is 0 Å². The predicted molar refractivity (Wildman–Crippen MR) is 60.8 cm³/mol. The number of hydrogen-bond acceptors (Lipinski definition) is 2. The van der Waals surface area contributed by atoms with Crippen LogP contribution in [0.1, 0.15) is 34.7 Å². The van der Waals surface area contributed by atoms with E-state index in [9.17, 15) is 4.79 Å². The van der Waals surface area contributed by atoms with Crippen LogP contribution in [-0.4, -0.2) is 11.1 Å². The Hall–Kier alpha value is -1.35. The lowest BCUT2D eigenvalue weighted by Crippen LogP contribution is -1.94. The Morgan fingerprint density at radius 1 is 1.40 bits per heavy atom. The molecule has 0 unspecified atom stereocenters. The molecule has 3 heteroatoms. The molecule has 15 heavy (non-hydrogen) atoms. The van der Waals surface area contributed by atoms with Crippen LogP contribution in [0, 0.1) is 0 Å². The third kappa shape index (κ3) is 1.43. The molecule has 1 aromatic heterocycles. The van der Waals surface area contributed by atoms with Crippen LogP contribution in [0.15, 0.2) is 23.6 Å². The molecule has 3 rings (SSSR count). The van der Waals surface area contributed by atoms with Gasteiger partial charge in [0.1, 0.15) is 0 Å². The second-order valence-corrected chi connectivity index (χ2v) is 4.89. The monoisotopic (exact) mass is 218 g/mol. The van der Waals surface area contributed by atoms with Gasteiger partial charge in [-0.2, -0.15) is 0 Å². The van der Waals surface area contributed by atoms with Crippen LogP contribution in [0.5, 0.6) is 0 Å². The lowest BCUT2D eigenvalue weighted by molar-refractivity contribution is 0.0697. The summed E-state index contributed by atoms with van der Waals surface area (Å²) in [6.07, 6.45) is 2.51. The van der Waals surface area contributed by atoms with Crippen molar-refractivity contribution in [2.75, 3.05) is 0 Å². The number of hydrogen-bond donors (Lipinski definition) is 1. The lowest BCUT2D eigenvalue weighted by Gasteiger charge is -1.97. The zero-order valence-electron chi connectivity index (χ0n) is 8.06. The highest BCUT2D eigenvalue weighted by molar-refractivity contribution is 7.17. The molecule has 1 saturated carbocycles. The zero-order valence-corrected chi connectivity index (χ0v) is 8.88. The number of rotatable bonds is 2. The zero-order chi connectivity index (χ0) is 10.4. The molecule has 0 aliphatic heterocycles. The van der Waals surface area contributed by atoms with Gasteiger partial charge < -0.3 is 5.11 Å². The van der Waals surface area contributed by atoms with Gasteiger partial charge in [0, 0.05) is 4.70 Å². The number of fused-ring (bicyclic) bond motifs is 1. The molecule has 1 aliphatic carbocycles. The molecule has 0 atom stereocenters. The maximum Gasteiger partial charge on any atom is 0.335 e. The molecule has 1 aromatic carbocycles. The van der Waals surface area contributed by atoms with E-state index in [0.717, 1.165) is 5.39 Å². The highest BCUT2D eigenvalue weighted by Gasteiger charge is 2.26. The van der Waals surface area contributed by atoms with Gasteiger partial charge in [0.05, 0.1) is 5.56 Å². The Labute approximate surface area is 91.2 Å². The average molecular weight is 218 g/mol. The summed E-state index contributed by atoms with van der Waals surface area (Å²) in [4.78, 5) is 10.9. The molecule has 2 nitrogen and oxygen atoms in total. The van der Waals surface area contributed by atoms with Crippen molar-refractivity contribution in [3.8, 4) is 0 Å². The Kier molecular flexibility index (Phi) is 1.83. The SMILES string of the molecule is O=C(O)c1ccc2scc(C3CC3)c2c1. The summed E-state index contributed by atoms with van der Waals surface area (Å²) >= 11 is 1.71. The van der Waals surface area contributed by atoms with E-state index in [1.807, 2.05) is 12.1 Å². The molecule has 0 radical (unpaired) electrons. The molecule has 1 heterocycles. The largest absolute Gasteiger partial charge is 0.478 e. The van der Waals surface area contributed by atoms with Gasteiger partial charge in [-0.15, -0.1) is 11.3 Å². The van der Waals surface area contributed by atoms with Crippen LogP contribution in [0.2, 0.25) is 0 Å². The van der Waals surface area contributed by atoms with Crippen LogP contribution in [0.25, 0.3) is 10.1 Å². The number of carboxylic acid groups (broad SMARTS) is 1.